The number of carbonyl (C=O) groups excluding carboxylic acids is 1. The Morgan fingerprint density at radius 3 is 2.76 bits per heavy atom. The number of rotatable bonds is 6. The van der Waals surface area contributed by atoms with Gasteiger partial charge in [-0.25, -0.2) is 0 Å². The average Bonchev–Trinajstić information content (AvgIpc) is 2.92. The summed E-state index contributed by atoms with van der Waals surface area (Å²) in [7, 11) is 0. The third-order valence-electron chi connectivity index (χ3n) is 2.88. The van der Waals surface area contributed by atoms with Crippen molar-refractivity contribution < 1.29 is 14.7 Å². The molecule has 0 aliphatic rings. The lowest BCUT2D eigenvalue weighted by atomic mass is 10.2. The molecule has 110 valence electrons. The zero-order chi connectivity index (χ0) is 15.2. The molecule has 2 N–H and O–H groups in total. The first-order valence-electron chi connectivity index (χ1n) is 6.33. The molecule has 1 aromatic heterocycles. The van der Waals surface area contributed by atoms with Gasteiger partial charge in [0.1, 0.15) is 5.69 Å². The minimum absolute atomic E-state index is 0.0908. The topological polar surface area (TPSA) is 84.2 Å². The first-order valence-corrected chi connectivity index (χ1v) is 6.71. The van der Waals surface area contributed by atoms with Gasteiger partial charge in [0.2, 0.25) is 0 Å². The highest BCUT2D eigenvalue weighted by atomic mass is 35.5. The molecule has 2 aromatic rings. The van der Waals surface area contributed by atoms with E-state index in [9.17, 15) is 9.59 Å². The molecule has 0 saturated heterocycles. The zero-order valence-electron chi connectivity index (χ0n) is 11.1. The van der Waals surface area contributed by atoms with Crippen LogP contribution in [-0.2, 0) is 17.9 Å². The Hall–Kier alpha value is -2.34. The van der Waals surface area contributed by atoms with Crippen molar-refractivity contribution in [2.24, 2.45) is 0 Å². The van der Waals surface area contributed by atoms with Gasteiger partial charge in [-0.2, -0.15) is 5.10 Å². The molecule has 6 nitrogen and oxygen atoms in total. The van der Waals surface area contributed by atoms with E-state index in [1.807, 2.05) is 18.2 Å². The maximum atomic E-state index is 12.1. The largest absolute Gasteiger partial charge is 0.481 e. The summed E-state index contributed by atoms with van der Waals surface area (Å²) >= 11 is 6.01. The van der Waals surface area contributed by atoms with E-state index in [0.29, 0.717) is 17.3 Å². The van der Waals surface area contributed by atoms with E-state index in [2.05, 4.69) is 10.4 Å². The van der Waals surface area contributed by atoms with Gasteiger partial charge in [0, 0.05) is 17.8 Å². The van der Waals surface area contributed by atoms with Gasteiger partial charge in [-0.15, -0.1) is 0 Å². The van der Waals surface area contributed by atoms with Crippen molar-refractivity contribution in [3.8, 4) is 0 Å². The van der Waals surface area contributed by atoms with E-state index in [0.717, 1.165) is 5.56 Å². The van der Waals surface area contributed by atoms with Crippen LogP contribution in [0.2, 0.25) is 5.02 Å². The highest BCUT2D eigenvalue weighted by molar-refractivity contribution is 6.31. The number of nitrogens with zero attached hydrogens (tertiary/aromatic N) is 2. The number of aryl methyl sites for hydroxylation is 1. The summed E-state index contributed by atoms with van der Waals surface area (Å²) in [6.07, 6.45) is 1.37. The van der Waals surface area contributed by atoms with Crippen molar-refractivity contribution >= 4 is 23.5 Å². The number of benzene rings is 1. The number of hydrogen-bond acceptors (Lipinski definition) is 3. The molecule has 1 aromatic carbocycles. The fourth-order valence-corrected chi connectivity index (χ4v) is 2.02. The zero-order valence-corrected chi connectivity index (χ0v) is 11.9. The summed E-state index contributed by atoms with van der Waals surface area (Å²) in [5.74, 6) is -1.26. The molecule has 0 aliphatic heterocycles. The van der Waals surface area contributed by atoms with E-state index in [1.165, 1.54) is 10.9 Å². The normalized spacial score (nSPS) is 10.3. The fraction of sp³-hybridized carbons (Fsp3) is 0.214. The van der Waals surface area contributed by atoms with E-state index in [4.69, 9.17) is 16.7 Å². The van der Waals surface area contributed by atoms with Crippen molar-refractivity contribution in [1.29, 1.82) is 0 Å². The molecule has 7 heteroatoms. The van der Waals surface area contributed by atoms with Crippen molar-refractivity contribution in [3.63, 3.8) is 0 Å². The molecule has 21 heavy (non-hydrogen) atoms. The first kappa shape index (κ1) is 15.1. The number of amides is 1. The standard InChI is InChI=1S/C14H14ClN3O3/c15-11-4-2-1-3-10(11)9-16-14(21)12-5-7-17-18(12)8-6-13(19)20/h1-5,7H,6,8-9H2,(H,16,21)(H,19,20). The Kier molecular flexibility index (Phi) is 4.94. The molecule has 0 unspecified atom stereocenters. The molecule has 0 radical (unpaired) electrons. The lowest BCUT2D eigenvalue weighted by Gasteiger charge is -2.08. The number of carboxylic acids is 1. The minimum Gasteiger partial charge on any atom is -0.481 e. The summed E-state index contributed by atoms with van der Waals surface area (Å²) in [6.45, 7) is 0.444. The molecule has 0 atom stereocenters. The molecule has 0 spiro atoms. The number of aliphatic carboxylic acids is 1. The monoisotopic (exact) mass is 307 g/mol. The molecule has 0 fully saturated rings. The Labute approximate surface area is 126 Å². The van der Waals surface area contributed by atoms with E-state index in [1.54, 1.807) is 12.1 Å². The Morgan fingerprint density at radius 1 is 1.29 bits per heavy atom. The number of halogens is 1. The predicted octanol–water partition coefficient (Wildman–Crippen LogP) is 1.94. The van der Waals surface area contributed by atoms with Gasteiger partial charge >= 0.3 is 5.97 Å². The summed E-state index contributed by atoms with van der Waals surface area (Å²) < 4.78 is 1.37. The molecule has 0 saturated carbocycles. The van der Waals surface area contributed by atoms with Crippen molar-refractivity contribution in [3.05, 3.63) is 52.8 Å². The molecular weight excluding hydrogens is 294 g/mol. The molecule has 2 rings (SSSR count). The highest BCUT2D eigenvalue weighted by Crippen LogP contribution is 2.14. The number of nitrogens with one attached hydrogen (secondary N) is 1. The molecule has 1 amide bonds. The predicted molar refractivity (Wildman–Crippen MR) is 77.1 cm³/mol. The Bertz CT molecular complexity index is 654. The Balaban J connectivity index is 1.99. The summed E-state index contributed by atoms with van der Waals surface area (Å²) in [4.78, 5) is 22.7. The number of hydrogen-bond donors (Lipinski definition) is 2. The lowest BCUT2D eigenvalue weighted by molar-refractivity contribution is -0.137. The number of aromatic nitrogens is 2. The van der Waals surface area contributed by atoms with Gasteiger partial charge in [-0.1, -0.05) is 29.8 Å². The van der Waals surface area contributed by atoms with Crippen LogP contribution in [0.3, 0.4) is 0 Å². The van der Waals surface area contributed by atoms with E-state index in [-0.39, 0.29) is 18.9 Å². The molecule has 0 bridgehead atoms. The van der Waals surface area contributed by atoms with Gasteiger partial charge in [-0.3, -0.25) is 14.3 Å². The van der Waals surface area contributed by atoms with Gasteiger partial charge in [-0.05, 0) is 17.7 Å². The van der Waals surface area contributed by atoms with E-state index < -0.39 is 5.97 Å². The van der Waals surface area contributed by atoms with Crippen molar-refractivity contribution in [2.75, 3.05) is 0 Å². The Morgan fingerprint density at radius 2 is 2.05 bits per heavy atom. The van der Waals surface area contributed by atoms with Gasteiger partial charge in [0.25, 0.3) is 5.91 Å². The second-order valence-corrected chi connectivity index (χ2v) is 4.76. The van der Waals surface area contributed by atoms with Crippen LogP contribution in [0.25, 0.3) is 0 Å². The smallest absolute Gasteiger partial charge is 0.305 e. The maximum Gasteiger partial charge on any atom is 0.305 e. The highest BCUT2D eigenvalue weighted by Gasteiger charge is 2.13. The minimum atomic E-state index is -0.937. The first-order chi connectivity index (χ1) is 10.1. The second-order valence-electron chi connectivity index (χ2n) is 4.36. The van der Waals surface area contributed by atoms with Crippen LogP contribution in [0.1, 0.15) is 22.5 Å². The summed E-state index contributed by atoms with van der Waals surface area (Å²) in [6, 6.07) is 8.77. The van der Waals surface area contributed by atoms with Crippen LogP contribution < -0.4 is 5.32 Å². The molecule has 0 aliphatic carbocycles. The quantitative estimate of drug-likeness (QED) is 0.854. The van der Waals surface area contributed by atoms with Gasteiger partial charge < -0.3 is 10.4 Å². The fourth-order valence-electron chi connectivity index (χ4n) is 1.81. The van der Waals surface area contributed by atoms with Crippen LogP contribution in [0, 0.1) is 0 Å². The van der Waals surface area contributed by atoms with Crippen LogP contribution in [0.4, 0.5) is 0 Å². The molecule has 1 heterocycles. The van der Waals surface area contributed by atoms with Crippen LogP contribution in [0.15, 0.2) is 36.5 Å². The third-order valence-corrected chi connectivity index (χ3v) is 3.25. The lowest BCUT2D eigenvalue weighted by Crippen LogP contribution is -2.26. The van der Waals surface area contributed by atoms with Crippen LogP contribution >= 0.6 is 11.6 Å². The third kappa shape index (κ3) is 4.06. The number of carboxylic acid groups (broad SMARTS) is 1. The second kappa shape index (κ2) is 6.90. The van der Waals surface area contributed by atoms with Crippen molar-refractivity contribution in [2.45, 2.75) is 19.5 Å². The van der Waals surface area contributed by atoms with E-state index >= 15 is 0 Å². The van der Waals surface area contributed by atoms with Gasteiger partial charge in [0.05, 0.1) is 13.0 Å². The maximum absolute atomic E-state index is 12.1. The number of carbonyl (C=O) groups is 2. The van der Waals surface area contributed by atoms with Crippen molar-refractivity contribution in [1.82, 2.24) is 15.1 Å². The SMILES string of the molecule is O=C(O)CCn1nccc1C(=O)NCc1ccccc1Cl. The van der Waals surface area contributed by atoms with Gasteiger partial charge in [0.15, 0.2) is 0 Å². The summed E-state index contributed by atoms with van der Waals surface area (Å²) in [5, 5.41) is 15.9. The average molecular weight is 308 g/mol. The van der Waals surface area contributed by atoms with Crippen LogP contribution in [0.5, 0.6) is 0 Å². The van der Waals surface area contributed by atoms with Crippen LogP contribution in [-0.4, -0.2) is 26.8 Å². The molecular formula is C14H14ClN3O3. The summed E-state index contributed by atoms with van der Waals surface area (Å²) in [5.41, 5.74) is 1.13.